The summed E-state index contributed by atoms with van der Waals surface area (Å²) in [7, 11) is 0. The smallest absolute Gasteiger partial charge is 0.198 e. The van der Waals surface area contributed by atoms with Gasteiger partial charge in [-0.25, -0.2) is 17.6 Å². The molecule has 3 rings (SSSR count). The van der Waals surface area contributed by atoms with Crippen LogP contribution in [0, 0.1) is 50.5 Å². The van der Waals surface area contributed by atoms with Crippen LogP contribution in [0.15, 0.2) is 48.8 Å². The van der Waals surface area contributed by atoms with Gasteiger partial charge in [-0.05, 0) is 59.0 Å². The van der Waals surface area contributed by atoms with E-state index >= 15 is 0 Å². The maximum absolute atomic E-state index is 13.8. The minimum atomic E-state index is -1.88. The zero-order valence-electron chi connectivity index (χ0n) is 13.5. The molecule has 3 aromatic rings. The Hall–Kier alpha value is -2.84. The summed E-state index contributed by atoms with van der Waals surface area (Å²) in [4.78, 5) is 3.97. The number of hydrogen-bond donors (Lipinski definition) is 0. The monoisotopic (exact) mass is 477 g/mol. The highest BCUT2D eigenvalue weighted by Gasteiger charge is 2.22. The van der Waals surface area contributed by atoms with Crippen LogP contribution in [0.1, 0.15) is 22.3 Å². The van der Waals surface area contributed by atoms with Crippen LogP contribution in [0.4, 0.5) is 17.6 Å². The molecule has 0 amide bonds. The van der Waals surface area contributed by atoms with E-state index in [4.69, 9.17) is 0 Å². The van der Waals surface area contributed by atoms with E-state index in [-0.39, 0.29) is 0 Å². The summed E-state index contributed by atoms with van der Waals surface area (Å²) in [6, 6.07) is 10.3. The fourth-order valence-corrected chi connectivity index (χ4v) is 2.68. The molecule has 1 nitrogen and oxygen atoms in total. The van der Waals surface area contributed by atoms with Crippen molar-refractivity contribution in [1.82, 2.24) is 4.98 Å². The number of hydrogen-bond acceptors (Lipinski definition) is 1. The minimum Gasteiger partial charge on any atom is -0.263 e. The summed E-state index contributed by atoms with van der Waals surface area (Å²) in [5, 5.41) is 0. The second-order valence-corrected chi connectivity index (χ2v) is 6.34. The highest BCUT2D eigenvalue weighted by Crippen LogP contribution is 2.25. The van der Waals surface area contributed by atoms with Crippen LogP contribution >= 0.6 is 22.6 Å². The maximum Gasteiger partial charge on any atom is 0.198 e. The molecule has 27 heavy (non-hydrogen) atoms. The standard InChI is InChI=1S/C21H8F4IN/c22-17-16(21(26)20(25)19(24)18(17)23)10-9-14-5-3-13(4-6-14)7-8-15-2-1-11-27-12-15/h1-6,11-12H. The van der Waals surface area contributed by atoms with Crippen molar-refractivity contribution in [2.45, 2.75) is 0 Å². The number of rotatable bonds is 0. The number of halogens is 5. The molecule has 0 radical (unpaired) electrons. The van der Waals surface area contributed by atoms with Gasteiger partial charge in [-0.15, -0.1) is 0 Å². The maximum atomic E-state index is 13.8. The highest BCUT2D eigenvalue weighted by atomic mass is 127. The minimum absolute atomic E-state index is 0.407. The van der Waals surface area contributed by atoms with E-state index in [0.717, 1.165) is 11.1 Å². The molecular weight excluding hydrogens is 469 g/mol. The topological polar surface area (TPSA) is 12.9 Å². The molecule has 0 aliphatic rings. The molecule has 0 N–H and O–H groups in total. The first-order chi connectivity index (χ1) is 13.0. The third-order valence-corrected chi connectivity index (χ3v) is 4.45. The Bertz CT molecular complexity index is 1090. The van der Waals surface area contributed by atoms with Crippen molar-refractivity contribution < 1.29 is 17.6 Å². The fourth-order valence-electron chi connectivity index (χ4n) is 2.07. The van der Waals surface area contributed by atoms with E-state index in [0.29, 0.717) is 5.56 Å². The third kappa shape index (κ3) is 4.29. The lowest BCUT2D eigenvalue weighted by Crippen LogP contribution is -2.03. The largest absolute Gasteiger partial charge is 0.263 e. The van der Waals surface area contributed by atoms with E-state index in [1.807, 2.05) is 6.07 Å². The van der Waals surface area contributed by atoms with Gasteiger partial charge in [0.1, 0.15) is 0 Å². The van der Waals surface area contributed by atoms with Crippen molar-refractivity contribution in [1.29, 1.82) is 0 Å². The van der Waals surface area contributed by atoms with Gasteiger partial charge in [-0.2, -0.15) is 0 Å². The number of aromatic nitrogens is 1. The molecule has 0 unspecified atom stereocenters. The Morgan fingerprint density at radius 1 is 0.667 bits per heavy atom. The number of benzene rings is 2. The summed E-state index contributed by atoms with van der Waals surface area (Å²) in [5.41, 5.74) is 1.46. The first-order valence-corrected chi connectivity index (χ1v) is 8.61. The first kappa shape index (κ1) is 18.9. The lowest BCUT2D eigenvalue weighted by Gasteiger charge is -2.03. The summed E-state index contributed by atoms with van der Waals surface area (Å²) in [5.74, 6) is 4.19. The van der Waals surface area contributed by atoms with Gasteiger partial charge < -0.3 is 0 Å². The lowest BCUT2D eigenvalue weighted by atomic mass is 10.1. The van der Waals surface area contributed by atoms with Crippen LogP contribution < -0.4 is 0 Å². The molecule has 0 aliphatic heterocycles. The number of pyridine rings is 1. The second kappa shape index (κ2) is 8.24. The van der Waals surface area contributed by atoms with Crippen LogP contribution in [-0.2, 0) is 0 Å². The fraction of sp³-hybridized carbons (Fsp3) is 0. The van der Waals surface area contributed by atoms with Gasteiger partial charge >= 0.3 is 0 Å². The van der Waals surface area contributed by atoms with E-state index < -0.39 is 32.4 Å². The zero-order valence-corrected chi connectivity index (χ0v) is 15.6. The van der Waals surface area contributed by atoms with E-state index in [2.05, 4.69) is 28.7 Å². The average molecular weight is 477 g/mol. The van der Waals surface area contributed by atoms with Crippen LogP contribution in [0.5, 0.6) is 0 Å². The molecule has 0 fully saturated rings. The molecule has 0 atom stereocenters. The van der Waals surface area contributed by atoms with Crippen molar-refractivity contribution >= 4 is 22.6 Å². The molecule has 1 heterocycles. The van der Waals surface area contributed by atoms with Gasteiger partial charge in [0.15, 0.2) is 23.3 Å². The van der Waals surface area contributed by atoms with Gasteiger partial charge in [0.2, 0.25) is 0 Å². The normalized spacial score (nSPS) is 9.81. The Balaban J connectivity index is 1.86. The highest BCUT2D eigenvalue weighted by molar-refractivity contribution is 14.1. The van der Waals surface area contributed by atoms with Gasteiger partial charge in [0.05, 0.1) is 9.13 Å². The summed E-state index contributed by atoms with van der Waals surface area (Å²) in [6.07, 6.45) is 3.30. The van der Waals surface area contributed by atoms with E-state index in [9.17, 15) is 17.6 Å². The quantitative estimate of drug-likeness (QED) is 0.145. The van der Waals surface area contributed by atoms with Crippen molar-refractivity contribution in [3.63, 3.8) is 0 Å². The second-order valence-electron chi connectivity index (χ2n) is 5.26. The molecule has 6 heteroatoms. The Labute approximate surface area is 166 Å². The third-order valence-electron chi connectivity index (χ3n) is 3.44. The molecule has 0 saturated heterocycles. The Kier molecular flexibility index (Phi) is 5.78. The van der Waals surface area contributed by atoms with Crippen molar-refractivity contribution in [3.8, 4) is 23.7 Å². The predicted molar refractivity (Wildman–Crippen MR) is 102 cm³/mol. The summed E-state index contributed by atoms with van der Waals surface area (Å²) in [6.45, 7) is 0. The SMILES string of the molecule is Fc1c(F)c(F)c(C#Cc2ccc(C#Cc3cccnc3)cc2)c(I)c1F. The van der Waals surface area contributed by atoms with E-state index in [1.165, 1.54) is 22.6 Å². The average Bonchev–Trinajstić information content (AvgIpc) is 2.71. The molecule has 0 aliphatic carbocycles. The van der Waals surface area contributed by atoms with Crippen LogP contribution in [0.25, 0.3) is 0 Å². The zero-order chi connectivity index (χ0) is 19.4. The van der Waals surface area contributed by atoms with Crippen molar-refractivity contribution in [2.24, 2.45) is 0 Å². The lowest BCUT2D eigenvalue weighted by molar-refractivity contribution is 0.404. The Morgan fingerprint density at radius 3 is 1.81 bits per heavy atom. The Morgan fingerprint density at radius 2 is 1.22 bits per heavy atom. The summed E-state index contributed by atoms with van der Waals surface area (Å²) >= 11 is 1.39. The molecule has 0 saturated carbocycles. The van der Waals surface area contributed by atoms with Crippen LogP contribution in [0.3, 0.4) is 0 Å². The molecule has 2 aromatic carbocycles. The van der Waals surface area contributed by atoms with Gasteiger partial charge in [-0.3, -0.25) is 4.98 Å². The molecule has 0 spiro atoms. The predicted octanol–water partition coefficient (Wildman–Crippen LogP) is 5.04. The number of nitrogens with zero attached hydrogens (tertiary/aromatic N) is 1. The van der Waals surface area contributed by atoms with Gasteiger partial charge in [-0.1, -0.05) is 23.7 Å². The van der Waals surface area contributed by atoms with E-state index in [1.54, 1.807) is 42.7 Å². The summed E-state index contributed by atoms with van der Waals surface area (Å²) < 4.78 is 53.5. The molecule has 1 aromatic heterocycles. The molecule has 0 bridgehead atoms. The van der Waals surface area contributed by atoms with Crippen LogP contribution in [0.2, 0.25) is 0 Å². The van der Waals surface area contributed by atoms with Crippen molar-refractivity contribution in [3.05, 3.63) is 97.9 Å². The molecular formula is C21H8F4IN. The van der Waals surface area contributed by atoms with Crippen LogP contribution in [-0.4, -0.2) is 4.98 Å². The van der Waals surface area contributed by atoms with Gasteiger partial charge in [0.25, 0.3) is 0 Å². The van der Waals surface area contributed by atoms with Gasteiger partial charge in [0, 0.05) is 29.1 Å². The van der Waals surface area contributed by atoms with Crippen molar-refractivity contribution in [2.75, 3.05) is 0 Å². The first-order valence-electron chi connectivity index (χ1n) is 7.53. The molecule has 132 valence electrons.